The van der Waals surface area contributed by atoms with Crippen molar-refractivity contribution in [2.45, 2.75) is 0 Å². The number of oxazole rings is 1. The highest BCUT2D eigenvalue weighted by molar-refractivity contribution is 6.08. The fourth-order valence-corrected chi connectivity index (χ4v) is 2.41. The molecule has 4 aromatic rings. The minimum Gasteiger partial charge on any atom is -0.444 e. The summed E-state index contributed by atoms with van der Waals surface area (Å²) in [5.74, 6) is 0.475. The first-order valence-corrected chi connectivity index (χ1v) is 7.03. The van der Waals surface area contributed by atoms with E-state index in [2.05, 4.69) is 20.3 Å². The molecule has 1 amide bonds. The molecule has 112 valence electrons. The van der Waals surface area contributed by atoms with Gasteiger partial charge in [0.05, 0.1) is 23.7 Å². The third kappa shape index (κ3) is 2.46. The van der Waals surface area contributed by atoms with Crippen LogP contribution in [-0.4, -0.2) is 20.9 Å². The van der Waals surface area contributed by atoms with Gasteiger partial charge >= 0.3 is 0 Å². The first-order valence-electron chi connectivity index (χ1n) is 7.03. The topological polar surface area (TPSA) is 83.8 Å². The van der Waals surface area contributed by atoms with E-state index < -0.39 is 0 Å². The fourth-order valence-electron chi connectivity index (χ4n) is 2.41. The second-order valence-electron chi connectivity index (χ2n) is 5.00. The minimum atomic E-state index is -0.190. The molecule has 0 aliphatic carbocycles. The molecule has 0 aliphatic heterocycles. The Morgan fingerprint density at radius 3 is 2.78 bits per heavy atom. The highest BCUT2D eigenvalue weighted by atomic mass is 16.3. The first-order chi connectivity index (χ1) is 11.3. The molecule has 6 nitrogen and oxygen atoms in total. The number of aromatic amines is 1. The average molecular weight is 304 g/mol. The molecular formula is C17H12N4O2. The number of carbonyl (C=O) groups is 1. The van der Waals surface area contributed by atoms with Gasteiger partial charge in [0.1, 0.15) is 5.52 Å². The molecule has 0 saturated carbocycles. The van der Waals surface area contributed by atoms with Crippen LogP contribution in [0.4, 0.5) is 5.69 Å². The van der Waals surface area contributed by atoms with Crippen LogP contribution in [-0.2, 0) is 0 Å². The van der Waals surface area contributed by atoms with Gasteiger partial charge in [-0.15, -0.1) is 0 Å². The fraction of sp³-hybridized carbons (Fsp3) is 0. The van der Waals surface area contributed by atoms with Gasteiger partial charge in [-0.1, -0.05) is 18.2 Å². The Morgan fingerprint density at radius 1 is 1.13 bits per heavy atom. The van der Waals surface area contributed by atoms with Crippen LogP contribution in [0.3, 0.4) is 0 Å². The lowest BCUT2D eigenvalue weighted by Crippen LogP contribution is -2.12. The Kier molecular flexibility index (Phi) is 3.12. The Hall–Kier alpha value is -3.41. The van der Waals surface area contributed by atoms with Crippen molar-refractivity contribution in [3.05, 3.63) is 66.9 Å². The monoisotopic (exact) mass is 304 g/mol. The van der Waals surface area contributed by atoms with Crippen molar-refractivity contribution in [2.24, 2.45) is 0 Å². The van der Waals surface area contributed by atoms with Gasteiger partial charge in [0.2, 0.25) is 0 Å². The first kappa shape index (κ1) is 13.3. The lowest BCUT2D eigenvalue weighted by molar-refractivity contribution is 0.102. The van der Waals surface area contributed by atoms with E-state index in [0.29, 0.717) is 17.0 Å². The minimum absolute atomic E-state index is 0.190. The van der Waals surface area contributed by atoms with Crippen molar-refractivity contribution in [3.8, 4) is 11.3 Å². The number of imidazole rings is 1. The maximum Gasteiger partial charge on any atom is 0.255 e. The van der Waals surface area contributed by atoms with Crippen LogP contribution < -0.4 is 5.32 Å². The van der Waals surface area contributed by atoms with Gasteiger partial charge in [0.15, 0.2) is 12.2 Å². The van der Waals surface area contributed by atoms with E-state index in [1.54, 1.807) is 24.7 Å². The summed E-state index contributed by atoms with van der Waals surface area (Å²) in [6, 6.07) is 12.7. The molecule has 0 fully saturated rings. The molecule has 0 atom stereocenters. The number of para-hydroxylation sites is 1. The second kappa shape index (κ2) is 5.42. The molecule has 2 heterocycles. The zero-order valence-electron chi connectivity index (χ0n) is 12.0. The number of amides is 1. The summed E-state index contributed by atoms with van der Waals surface area (Å²) in [5.41, 5.74) is 3.71. The molecule has 2 N–H and O–H groups in total. The molecule has 23 heavy (non-hydrogen) atoms. The van der Waals surface area contributed by atoms with Crippen LogP contribution >= 0.6 is 0 Å². The lowest BCUT2D eigenvalue weighted by atomic mass is 10.1. The Labute approximate surface area is 131 Å². The summed E-state index contributed by atoms with van der Waals surface area (Å²) in [7, 11) is 0. The van der Waals surface area contributed by atoms with Crippen molar-refractivity contribution < 1.29 is 9.21 Å². The number of anilines is 1. The van der Waals surface area contributed by atoms with Crippen LogP contribution in [0.25, 0.3) is 22.4 Å². The summed E-state index contributed by atoms with van der Waals surface area (Å²) in [5, 5.41) is 2.88. The van der Waals surface area contributed by atoms with E-state index in [1.165, 1.54) is 6.39 Å². The number of nitrogens with zero attached hydrogens (tertiary/aromatic N) is 2. The van der Waals surface area contributed by atoms with Crippen LogP contribution in [0.1, 0.15) is 10.4 Å². The van der Waals surface area contributed by atoms with Gasteiger partial charge in [-0.2, -0.15) is 0 Å². The maximum absolute atomic E-state index is 12.4. The van der Waals surface area contributed by atoms with E-state index >= 15 is 0 Å². The highest BCUT2D eigenvalue weighted by Gasteiger charge is 2.10. The van der Waals surface area contributed by atoms with E-state index in [9.17, 15) is 4.79 Å². The molecule has 6 heteroatoms. The van der Waals surface area contributed by atoms with Crippen molar-refractivity contribution in [3.63, 3.8) is 0 Å². The van der Waals surface area contributed by atoms with E-state index in [-0.39, 0.29) is 5.91 Å². The number of H-pyrrole nitrogens is 1. The SMILES string of the molecule is O=C(Nc1cccc2[nH]cnc12)c1ccc(-c2cnco2)cc1. The van der Waals surface area contributed by atoms with Crippen LogP contribution in [0.5, 0.6) is 0 Å². The number of nitrogens with one attached hydrogen (secondary N) is 2. The zero-order valence-corrected chi connectivity index (χ0v) is 12.0. The van der Waals surface area contributed by atoms with Gasteiger partial charge in [-0.3, -0.25) is 4.79 Å². The smallest absolute Gasteiger partial charge is 0.255 e. The summed E-state index contributed by atoms with van der Waals surface area (Å²) in [6.45, 7) is 0. The molecule has 2 aromatic carbocycles. The number of hydrogen-bond donors (Lipinski definition) is 2. The maximum atomic E-state index is 12.4. The Balaban J connectivity index is 1.58. The number of benzene rings is 2. The van der Waals surface area contributed by atoms with Crippen molar-refractivity contribution in [1.82, 2.24) is 15.0 Å². The van der Waals surface area contributed by atoms with Gasteiger partial charge in [0.25, 0.3) is 5.91 Å². The molecular weight excluding hydrogens is 292 g/mol. The number of hydrogen-bond acceptors (Lipinski definition) is 4. The van der Waals surface area contributed by atoms with Crippen LogP contribution in [0.2, 0.25) is 0 Å². The summed E-state index contributed by atoms with van der Waals surface area (Å²) < 4.78 is 5.23. The standard InChI is InChI=1S/C17H12N4O2/c22-17(21-14-3-1-2-13-16(14)20-9-19-13)12-6-4-11(5-7-12)15-8-18-10-23-15/h1-10H,(H,19,20)(H,21,22). The third-order valence-corrected chi connectivity index (χ3v) is 3.56. The summed E-state index contributed by atoms with van der Waals surface area (Å²) in [4.78, 5) is 23.5. The Bertz CT molecular complexity index is 956. The average Bonchev–Trinajstić information content (AvgIpc) is 3.27. The normalized spacial score (nSPS) is 10.8. The summed E-state index contributed by atoms with van der Waals surface area (Å²) >= 11 is 0. The van der Waals surface area contributed by atoms with Crippen LogP contribution in [0.15, 0.2) is 65.8 Å². The molecule has 0 spiro atoms. The van der Waals surface area contributed by atoms with Gasteiger partial charge < -0.3 is 14.7 Å². The molecule has 0 bridgehead atoms. The largest absolute Gasteiger partial charge is 0.444 e. The van der Waals surface area contributed by atoms with Crippen molar-refractivity contribution in [2.75, 3.05) is 5.32 Å². The van der Waals surface area contributed by atoms with E-state index in [0.717, 1.165) is 16.6 Å². The quantitative estimate of drug-likeness (QED) is 0.607. The van der Waals surface area contributed by atoms with Crippen molar-refractivity contribution in [1.29, 1.82) is 0 Å². The predicted octanol–water partition coefficient (Wildman–Crippen LogP) is 3.47. The zero-order chi connectivity index (χ0) is 15.6. The molecule has 2 aromatic heterocycles. The van der Waals surface area contributed by atoms with E-state index in [4.69, 9.17) is 4.42 Å². The predicted molar refractivity (Wildman–Crippen MR) is 86.0 cm³/mol. The molecule has 0 saturated heterocycles. The van der Waals surface area contributed by atoms with Crippen molar-refractivity contribution >= 4 is 22.6 Å². The summed E-state index contributed by atoms with van der Waals surface area (Å²) in [6.07, 6.45) is 4.61. The molecule has 0 unspecified atom stereocenters. The molecule has 0 aliphatic rings. The molecule has 0 radical (unpaired) electrons. The highest BCUT2D eigenvalue weighted by Crippen LogP contribution is 2.22. The number of rotatable bonds is 3. The van der Waals surface area contributed by atoms with Gasteiger partial charge in [-0.05, 0) is 24.3 Å². The van der Waals surface area contributed by atoms with Gasteiger partial charge in [-0.25, -0.2) is 9.97 Å². The number of carbonyl (C=O) groups excluding carboxylic acids is 1. The number of fused-ring (bicyclic) bond motifs is 1. The second-order valence-corrected chi connectivity index (χ2v) is 5.00. The lowest BCUT2D eigenvalue weighted by Gasteiger charge is -2.06. The van der Waals surface area contributed by atoms with E-state index in [1.807, 2.05) is 30.3 Å². The number of aromatic nitrogens is 3. The Morgan fingerprint density at radius 2 is 2.00 bits per heavy atom. The third-order valence-electron chi connectivity index (χ3n) is 3.56. The van der Waals surface area contributed by atoms with Gasteiger partial charge in [0, 0.05) is 11.1 Å². The molecule has 4 rings (SSSR count). The van der Waals surface area contributed by atoms with Crippen LogP contribution in [0, 0.1) is 0 Å².